The van der Waals surface area contributed by atoms with Crippen LogP contribution in [0.5, 0.6) is 0 Å². The molecule has 0 saturated heterocycles. The second kappa shape index (κ2) is 4.46. The first-order chi connectivity index (χ1) is 8.04. The van der Waals surface area contributed by atoms with Gasteiger partial charge in [0, 0.05) is 17.2 Å². The van der Waals surface area contributed by atoms with E-state index in [0.717, 1.165) is 0 Å². The maximum atomic E-state index is 11.3. The summed E-state index contributed by atoms with van der Waals surface area (Å²) in [6, 6.07) is 0. The Kier molecular flexibility index (Phi) is 3.16. The molecular weight excluding hydrogens is 268 g/mol. The van der Waals surface area contributed by atoms with Gasteiger partial charge in [0.2, 0.25) is 0 Å². The number of rotatable bonds is 4. The molecule has 2 aromatic heterocycles. The summed E-state index contributed by atoms with van der Waals surface area (Å²) in [5.41, 5.74) is 0.414. The van der Waals surface area contributed by atoms with Gasteiger partial charge in [0.15, 0.2) is 12.2 Å². The Bertz CT molecular complexity index is 605. The first-order valence-electron chi connectivity index (χ1n) is 4.80. The number of aromatic nitrogens is 4. The van der Waals surface area contributed by atoms with Crippen LogP contribution in [-0.4, -0.2) is 28.2 Å². The maximum Gasteiger partial charge on any atom is 0.296 e. The van der Waals surface area contributed by atoms with Gasteiger partial charge >= 0.3 is 0 Å². The van der Waals surface area contributed by atoms with Crippen LogP contribution >= 0.6 is 10.7 Å². The fraction of sp³-hybridized carbons (Fsp3) is 0.375. The third-order valence-corrected chi connectivity index (χ3v) is 3.20. The van der Waals surface area contributed by atoms with Crippen molar-refractivity contribution in [2.75, 3.05) is 0 Å². The van der Waals surface area contributed by atoms with Gasteiger partial charge in [0.1, 0.15) is 12.0 Å². The molecule has 0 N–H and O–H groups in total. The fourth-order valence-electron chi connectivity index (χ4n) is 1.41. The van der Waals surface area contributed by atoms with Crippen LogP contribution in [0.15, 0.2) is 22.2 Å². The molecule has 0 fully saturated rings. The van der Waals surface area contributed by atoms with Gasteiger partial charge < -0.3 is 4.42 Å². The Balaban J connectivity index is 2.59. The average molecular weight is 277 g/mol. The Morgan fingerprint density at radius 2 is 2.24 bits per heavy atom. The number of nitrogens with zero attached hydrogens (tertiary/aromatic N) is 4. The monoisotopic (exact) mass is 276 g/mol. The lowest BCUT2D eigenvalue weighted by Gasteiger charge is -2.04. The predicted octanol–water partition coefficient (Wildman–Crippen LogP) is 1.27. The van der Waals surface area contributed by atoms with E-state index in [2.05, 4.69) is 15.2 Å². The predicted molar refractivity (Wildman–Crippen MR) is 58.8 cm³/mol. The average Bonchev–Trinajstić information content (AvgIpc) is 2.82. The smallest absolute Gasteiger partial charge is 0.296 e. The summed E-state index contributed by atoms with van der Waals surface area (Å²) in [6.45, 7) is 2.33. The molecule has 2 heterocycles. The van der Waals surface area contributed by atoms with Gasteiger partial charge in [-0.2, -0.15) is 0 Å². The van der Waals surface area contributed by atoms with Crippen molar-refractivity contribution in [3.63, 3.8) is 0 Å². The molecule has 0 aliphatic heterocycles. The van der Waals surface area contributed by atoms with E-state index >= 15 is 0 Å². The minimum atomic E-state index is -3.92. The van der Waals surface area contributed by atoms with Gasteiger partial charge in [-0.3, -0.25) is 4.57 Å². The van der Waals surface area contributed by atoms with Crippen molar-refractivity contribution in [1.29, 1.82) is 0 Å². The summed E-state index contributed by atoms with van der Waals surface area (Å²) >= 11 is 0. The molecule has 0 saturated carbocycles. The molecule has 92 valence electrons. The summed E-state index contributed by atoms with van der Waals surface area (Å²) in [4.78, 5) is 3.90. The lowest BCUT2D eigenvalue weighted by Crippen LogP contribution is -2.07. The first-order valence-corrected chi connectivity index (χ1v) is 7.11. The van der Waals surface area contributed by atoms with Gasteiger partial charge in [0.25, 0.3) is 14.2 Å². The van der Waals surface area contributed by atoms with Crippen LogP contribution in [0.4, 0.5) is 0 Å². The molecule has 0 radical (unpaired) electrons. The molecule has 0 atom stereocenters. The zero-order valence-corrected chi connectivity index (χ0v) is 10.4. The van der Waals surface area contributed by atoms with Crippen LogP contribution in [0.2, 0.25) is 0 Å². The standard InChI is InChI=1S/C8H9ClN4O3S/c1-2-3-13-7(6-4-16-5-10-6)11-12-8(13)17(9,14)15/h4-5H,2-3H2,1H3. The molecule has 0 bridgehead atoms. The van der Waals surface area contributed by atoms with E-state index in [1.165, 1.54) is 17.2 Å². The third kappa shape index (κ3) is 2.32. The summed E-state index contributed by atoms with van der Waals surface area (Å²) in [7, 11) is 1.36. The van der Waals surface area contributed by atoms with Crippen LogP contribution < -0.4 is 0 Å². The molecule has 0 aromatic carbocycles. The highest BCUT2D eigenvalue weighted by atomic mass is 35.7. The van der Waals surface area contributed by atoms with E-state index in [9.17, 15) is 8.42 Å². The van der Waals surface area contributed by atoms with E-state index < -0.39 is 9.05 Å². The first kappa shape index (κ1) is 12.1. The van der Waals surface area contributed by atoms with Crippen LogP contribution in [0.25, 0.3) is 11.5 Å². The molecular formula is C8H9ClN4O3S. The van der Waals surface area contributed by atoms with Gasteiger partial charge in [-0.25, -0.2) is 13.4 Å². The SMILES string of the molecule is CCCn1c(-c2cocn2)nnc1S(=O)(=O)Cl. The lowest BCUT2D eigenvalue weighted by atomic mass is 10.4. The minimum Gasteiger partial charge on any atom is -0.451 e. The van der Waals surface area contributed by atoms with Gasteiger partial charge in [-0.15, -0.1) is 10.2 Å². The summed E-state index contributed by atoms with van der Waals surface area (Å²) in [5, 5.41) is 7.07. The van der Waals surface area contributed by atoms with E-state index in [0.29, 0.717) is 24.5 Å². The summed E-state index contributed by atoms with van der Waals surface area (Å²) < 4.78 is 28.8. The van der Waals surface area contributed by atoms with E-state index in [4.69, 9.17) is 15.1 Å². The van der Waals surface area contributed by atoms with Crippen molar-refractivity contribution in [2.45, 2.75) is 25.0 Å². The second-order valence-corrected chi connectivity index (χ2v) is 5.73. The third-order valence-electron chi connectivity index (χ3n) is 2.04. The molecule has 0 aliphatic rings. The van der Waals surface area contributed by atoms with E-state index in [1.54, 1.807) is 0 Å². The molecule has 0 spiro atoms. The van der Waals surface area contributed by atoms with Gasteiger partial charge in [-0.05, 0) is 6.42 Å². The van der Waals surface area contributed by atoms with Gasteiger partial charge in [-0.1, -0.05) is 6.92 Å². The number of halogens is 1. The number of oxazole rings is 1. The van der Waals surface area contributed by atoms with Crippen molar-refractivity contribution < 1.29 is 12.8 Å². The highest BCUT2D eigenvalue weighted by Crippen LogP contribution is 2.21. The summed E-state index contributed by atoms with van der Waals surface area (Å²) in [5.74, 6) is 0.319. The van der Waals surface area contributed by atoms with Crippen molar-refractivity contribution in [3.05, 3.63) is 12.7 Å². The van der Waals surface area contributed by atoms with Crippen LogP contribution in [-0.2, 0) is 15.6 Å². The molecule has 2 rings (SSSR count). The van der Waals surface area contributed by atoms with Crippen molar-refractivity contribution in [3.8, 4) is 11.5 Å². The Morgan fingerprint density at radius 3 is 2.76 bits per heavy atom. The fourth-order valence-corrected chi connectivity index (χ4v) is 2.33. The highest BCUT2D eigenvalue weighted by molar-refractivity contribution is 8.13. The topological polar surface area (TPSA) is 90.9 Å². The van der Waals surface area contributed by atoms with Crippen molar-refractivity contribution in [2.24, 2.45) is 0 Å². The van der Waals surface area contributed by atoms with Crippen molar-refractivity contribution in [1.82, 2.24) is 19.7 Å². The Morgan fingerprint density at radius 1 is 1.47 bits per heavy atom. The zero-order valence-electron chi connectivity index (χ0n) is 8.87. The number of hydrogen-bond donors (Lipinski definition) is 0. The van der Waals surface area contributed by atoms with Crippen molar-refractivity contribution >= 4 is 19.7 Å². The van der Waals surface area contributed by atoms with Crippen LogP contribution in [0, 0.1) is 0 Å². The molecule has 0 amide bonds. The maximum absolute atomic E-state index is 11.3. The van der Waals surface area contributed by atoms with Crippen LogP contribution in [0.3, 0.4) is 0 Å². The molecule has 17 heavy (non-hydrogen) atoms. The lowest BCUT2D eigenvalue weighted by molar-refractivity contribution is 0.557. The second-order valence-electron chi connectivity index (χ2n) is 3.27. The van der Waals surface area contributed by atoms with Gasteiger partial charge in [0.05, 0.1) is 0 Å². The summed E-state index contributed by atoms with van der Waals surface area (Å²) in [6.07, 6.45) is 3.30. The quantitative estimate of drug-likeness (QED) is 0.781. The Labute approximate surface area is 102 Å². The number of hydrogen-bond acceptors (Lipinski definition) is 6. The molecule has 2 aromatic rings. The van der Waals surface area contributed by atoms with E-state index in [1.807, 2.05) is 6.92 Å². The van der Waals surface area contributed by atoms with Crippen LogP contribution in [0.1, 0.15) is 13.3 Å². The van der Waals surface area contributed by atoms with E-state index in [-0.39, 0.29) is 5.16 Å². The normalized spacial score (nSPS) is 11.9. The minimum absolute atomic E-state index is 0.279. The Hall–Kier alpha value is -1.41. The zero-order chi connectivity index (χ0) is 12.5. The molecule has 7 nitrogen and oxygen atoms in total. The largest absolute Gasteiger partial charge is 0.451 e. The molecule has 9 heteroatoms. The molecule has 0 unspecified atom stereocenters. The highest BCUT2D eigenvalue weighted by Gasteiger charge is 2.23. The molecule has 0 aliphatic carbocycles.